The first-order valence-electron chi connectivity index (χ1n) is 4.05. The molecule has 72 valence electrons. The molecule has 1 fully saturated rings. The van der Waals surface area contributed by atoms with Crippen molar-refractivity contribution in [2.75, 3.05) is 0 Å². The average molecular weight is 245 g/mol. The summed E-state index contributed by atoms with van der Waals surface area (Å²) in [6.07, 6.45) is -2.79. The number of hydrogen-bond acceptors (Lipinski definition) is 0. The molecule has 0 radical (unpaired) electrons. The van der Waals surface area contributed by atoms with E-state index in [1.54, 1.807) is 0 Å². The van der Waals surface area contributed by atoms with Crippen LogP contribution < -0.4 is 0 Å². The monoisotopic (exact) mass is 244 g/mol. The maximum Gasteiger partial charge on any atom is 0.392 e. The summed E-state index contributed by atoms with van der Waals surface area (Å²) in [6, 6.07) is 0. The van der Waals surface area contributed by atoms with Crippen molar-refractivity contribution in [2.24, 2.45) is 11.3 Å². The number of alkyl halides is 4. The van der Waals surface area contributed by atoms with Gasteiger partial charge < -0.3 is 0 Å². The summed E-state index contributed by atoms with van der Waals surface area (Å²) in [5, 5.41) is 0. The quantitative estimate of drug-likeness (QED) is 0.650. The third-order valence-electron chi connectivity index (χ3n) is 3.03. The maximum atomic E-state index is 12.3. The van der Waals surface area contributed by atoms with E-state index >= 15 is 0 Å². The zero-order valence-corrected chi connectivity index (χ0v) is 8.67. The lowest BCUT2D eigenvalue weighted by Crippen LogP contribution is -2.30. The Bertz CT molecular complexity index is 174. The van der Waals surface area contributed by atoms with Gasteiger partial charge in [-0.05, 0) is 18.3 Å². The van der Waals surface area contributed by atoms with E-state index in [0.29, 0.717) is 12.8 Å². The van der Waals surface area contributed by atoms with Crippen LogP contribution >= 0.6 is 15.9 Å². The number of hydrogen-bond donors (Lipinski definition) is 0. The van der Waals surface area contributed by atoms with Crippen LogP contribution in [0.5, 0.6) is 0 Å². The third-order valence-corrected chi connectivity index (χ3v) is 4.27. The first-order chi connectivity index (χ1) is 5.34. The summed E-state index contributed by atoms with van der Waals surface area (Å²) >= 11 is 3.26. The summed E-state index contributed by atoms with van der Waals surface area (Å²) in [6.45, 7) is 3.11. The zero-order chi connectivity index (χ0) is 9.57. The molecule has 0 heterocycles. The van der Waals surface area contributed by atoms with Gasteiger partial charge in [0.05, 0.1) is 5.92 Å². The van der Waals surface area contributed by atoms with Gasteiger partial charge in [-0.1, -0.05) is 29.8 Å². The Morgan fingerprint density at radius 2 is 2.00 bits per heavy atom. The summed E-state index contributed by atoms with van der Waals surface area (Å²) in [5.74, 6) is -1.18. The first-order valence-corrected chi connectivity index (χ1v) is 4.97. The predicted octanol–water partition coefficient (Wildman–Crippen LogP) is 3.75. The molecule has 0 amide bonds. The summed E-state index contributed by atoms with van der Waals surface area (Å²) in [7, 11) is 0. The molecule has 0 aromatic heterocycles. The standard InChI is InChI=1S/C8H12BrF3/c1-3-7(4-6(7)9)5(2)8(10,11)12/h5-6H,3-4H2,1-2H3. The molecule has 0 N–H and O–H groups in total. The summed E-state index contributed by atoms with van der Waals surface area (Å²) in [4.78, 5) is 0.0617. The fourth-order valence-electron chi connectivity index (χ4n) is 1.72. The van der Waals surface area contributed by atoms with Crippen molar-refractivity contribution in [3.63, 3.8) is 0 Å². The summed E-state index contributed by atoms with van der Waals surface area (Å²) < 4.78 is 37.0. The first kappa shape index (κ1) is 10.4. The van der Waals surface area contributed by atoms with Crippen LogP contribution in [0.2, 0.25) is 0 Å². The van der Waals surface area contributed by atoms with Gasteiger partial charge in [0, 0.05) is 4.83 Å². The normalized spacial score (nSPS) is 38.0. The summed E-state index contributed by atoms with van der Waals surface area (Å²) in [5.41, 5.74) is -0.516. The molecule has 0 bridgehead atoms. The second-order valence-corrected chi connectivity index (χ2v) is 4.63. The van der Waals surface area contributed by atoms with Gasteiger partial charge in [0.25, 0.3) is 0 Å². The van der Waals surface area contributed by atoms with Crippen LogP contribution in [0, 0.1) is 11.3 Å². The van der Waals surface area contributed by atoms with Gasteiger partial charge >= 0.3 is 6.18 Å². The van der Waals surface area contributed by atoms with Crippen molar-refractivity contribution >= 4 is 15.9 Å². The molecule has 0 saturated heterocycles. The Balaban J connectivity index is 2.70. The van der Waals surface area contributed by atoms with E-state index in [1.807, 2.05) is 6.92 Å². The highest BCUT2D eigenvalue weighted by atomic mass is 79.9. The molecule has 3 unspecified atom stereocenters. The van der Waals surface area contributed by atoms with Crippen molar-refractivity contribution in [3.05, 3.63) is 0 Å². The highest BCUT2D eigenvalue weighted by molar-refractivity contribution is 9.09. The Morgan fingerprint density at radius 3 is 2.08 bits per heavy atom. The minimum atomic E-state index is -4.04. The molecule has 3 atom stereocenters. The van der Waals surface area contributed by atoms with Crippen LogP contribution in [-0.2, 0) is 0 Å². The van der Waals surface area contributed by atoms with Crippen molar-refractivity contribution in [2.45, 2.75) is 37.7 Å². The van der Waals surface area contributed by atoms with Crippen molar-refractivity contribution < 1.29 is 13.2 Å². The van der Waals surface area contributed by atoms with Crippen LogP contribution in [0.25, 0.3) is 0 Å². The molecule has 0 aliphatic heterocycles. The Morgan fingerprint density at radius 1 is 1.58 bits per heavy atom. The van der Waals surface area contributed by atoms with E-state index in [9.17, 15) is 13.2 Å². The molecule has 1 rings (SSSR count). The van der Waals surface area contributed by atoms with Gasteiger partial charge in [0.15, 0.2) is 0 Å². The molecule has 1 saturated carbocycles. The molecule has 0 spiro atoms. The van der Waals surface area contributed by atoms with E-state index in [-0.39, 0.29) is 4.83 Å². The van der Waals surface area contributed by atoms with Crippen molar-refractivity contribution in [1.82, 2.24) is 0 Å². The fourth-order valence-corrected chi connectivity index (χ4v) is 3.04. The molecule has 1 aliphatic carbocycles. The smallest absolute Gasteiger partial charge is 0.171 e. The van der Waals surface area contributed by atoms with Gasteiger partial charge in [-0.25, -0.2) is 0 Å². The lowest BCUT2D eigenvalue weighted by molar-refractivity contribution is -0.187. The second-order valence-electron chi connectivity index (χ2n) is 3.52. The van der Waals surface area contributed by atoms with Gasteiger partial charge in [-0.2, -0.15) is 13.2 Å². The zero-order valence-electron chi connectivity index (χ0n) is 7.08. The van der Waals surface area contributed by atoms with Gasteiger partial charge in [-0.3, -0.25) is 0 Å². The molecular weight excluding hydrogens is 233 g/mol. The highest BCUT2D eigenvalue weighted by Crippen LogP contribution is 2.62. The van der Waals surface area contributed by atoms with Crippen LogP contribution in [0.4, 0.5) is 13.2 Å². The van der Waals surface area contributed by atoms with Crippen molar-refractivity contribution in [3.8, 4) is 0 Å². The molecule has 0 aromatic carbocycles. The van der Waals surface area contributed by atoms with Crippen LogP contribution in [0.15, 0.2) is 0 Å². The topological polar surface area (TPSA) is 0 Å². The van der Waals surface area contributed by atoms with E-state index < -0.39 is 17.5 Å². The second kappa shape index (κ2) is 2.89. The molecular formula is C8H12BrF3. The molecule has 0 nitrogen and oxygen atoms in total. The lowest BCUT2D eigenvalue weighted by atomic mass is 9.88. The minimum absolute atomic E-state index is 0.0617. The average Bonchev–Trinajstić information content (AvgIpc) is 2.59. The van der Waals surface area contributed by atoms with Crippen LogP contribution in [-0.4, -0.2) is 11.0 Å². The third kappa shape index (κ3) is 1.50. The van der Waals surface area contributed by atoms with Crippen molar-refractivity contribution in [1.29, 1.82) is 0 Å². The van der Waals surface area contributed by atoms with Crippen LogP contribution in [0.3, 0.4) is 0 Å². The number of halogens is 4. The largest absolute Gasteiger partial charge is 0.392 e. The maximum absolute atomic E-state index is 12.3. The molecule has 12 heavy (non-hydrogen) atoms. The number of rotatable bonds is 2. The van der Waals surface area contributed by atoms with Gasteiger partial charge in [0.2, 0.25) is 0 Å². The van der Waals surface area contributed by atoms with E-state index in [4.69, 9.17) is 0 Å². The highest BCUT2D eigenvalue weighted by Gasteiger charge is 2.62. The Hall–Kier alpha value is 0.270. The van der Waals surface area contributed by atoms with Gasteiger partial charge in [0.1, 0.15) is 0 Å². The lowest BCUT2D eigenvalue weighted by Gasteiger charge is -2.24. The van der Waals surface area contributed by atoms with Gasteiger partial charge in [-0.15, -0.1) is 0 Å². The van der Waals surface area contributed by atoms with Crippen LogP contribution in [0.1, 0.15) is 26.7 Å². The Kier molecular flexibility index (Phi) is 2.50. The molecule has 0 aromatic rings. The molecule has 1 aliphatic rings. The van der Waals surface area contributed by atoms with E-state index in [0.717, 1.165) is 0 Å². The minimum Gasteiger partial charge on any atom is -0.171 e. The van der Waals surface area contributed by atoms with E-state index in [1.165, 1.54) is 6.92 Å². The molecule has 4 heteroatoms. The fraction of sp³-hybridized carbons (Fsp3) is 1.00. The Labute approximate surface area is 78.7 Å². The predicted molar refractivity (Wildman–Crippen MR) is 45.3 cm³/mol. The SMILES string of the molecule is CCC1(C(C)C(F)(F)F)CC1Br. The van der Waals surface area contributed by atoms with E-state index in [2.05, 4.69) is 15.9 Å².